The number of aromatic amines is 1. The fourth-order valence-corrected chi connectivity index (χ4v) is 5.18. The van der Waals surface area contributed by atoms with Crippen molar-refractivity contribution in [1.29, 1.82) is 0 Å². The Bertz CT molecular complexity index is 1220. The summed E-state index contributed by atoms with van der Waals surface area (Å²) in [4.78, 5) is 16.0. The molecule has 0 amide bonds. The van der Waals surface area contributed by atoms with Crippen molar-refractivity contribution in [3.63, 3.8) is 0 Å². The third kappa shape index (κ3) is 3.65. The lowest BCUT2D eigenvalue weighted by atomic mass is 10.0. The summed E-state index contributed by atoms with van der Waals surface area (Å²) in [6.07, 6.45) is -0.521. The number of phenols is 1. The van der Waals surface area contributed by atoms with Gasteiger partial charge < -0.3 is 15.2 Å². The highest BCUT2D eigenvalue weighted by Gasteiger charge is 2.40. The second kappa shape index (κ2) is 8.52. The zero-order valence-electron chi connectivity index (χ0n) is 15.8. The SMILES string of the molecule is CCSc1n[n+]2c(c(=O)[nH]1)-c1cc(Br)ccc1N[C@H]2c1cc(OC)c(O)c(Br)c1Br. The highest BCUT2D eigenvalue weighted by Crippen LogP contribution is 2.45. The summed E-state index contributed by atoms with van der Waals surface area (Å²) in [7, 11) is 1.49. The van der Waals surface area contributed by atoms with Crippen molar-refractivity contribution in [3.8, 4) is 22.8 Å². The molecule has 2 aromatic carbocycles. The summed E-state index contributed by atoms with van der Waals surface area (Å²) in [5.41, 5.74) is 2.48. The van der Waals surface area contributed by atoms with Gasteiger partial charge in [0.2, 0.25) is 5.16 Å². The van der Waals surface area contributed by atoms with Crippen LogP contribution in [-0.4, -0.2) is 28.1 Å². The van der Waals surface area contributed by atoms with Crippen molar-refractivity contribution in [2.45, 2.75) is 18.2 Å². The number of nitrogens with one attached hydrogen (secondary N) is 2. The molecular formula is C19H16Br3N4O3S+. The average Bonchev–Trinajstić information content (AvgIpc) is 2.72. The van der Waals surface area contributed by atoms with Crippen LogP contribution in [0.15, 0.2) is 47.6 Å². The van der Waals surface area contributed by atoms with Crippen LogP contribution in [0.2, 0.25) is 0 Å². The van der Waals surface area contributed by atoms with Crippen LogP contribution in [0.25, 0.3) is 11.3 Å². The zero-order valence-corrected chi connectivity index (χ0v) is 21.4. The Morgan fingerprint density at radius 3 is 2.73 bits per heavy atom. The lowest BCUT2D eigenvalue weighted by Gasteiger charge is -2.24. The van der Waals surface area contributed by atoms with Gasteiger partial charge in [0.15, 0.2) is 11.5 Å². The topological polar surface area (TPSA) is 91.1 Å². The summed E-state index contributed by atoms with van der Waals surface area (Å²) in [5.74, 6) is 1.06. The monoisotopic (exact) mass is 617 g/mol. The molecule has 0 bridgehead atoms. The van der Waals surface area contributed by atoms with Gasteiger partial charge in [-0.1, -0.05) is 34.6 Å². The van der Waals surface area contributed by atoms with Gasteiger partial charge in [-0.3, -0.25) is 9.78 Å². The molecule has 7 nitrogen and oxygen atoms in total. The van der Waals surface area contributed by atoms with Crippen molar-refractivity contribution < 1.29 is 14.5 Å². The van der Waals surface area contributed by atoms with E-state index in [4.69, 9.17) is 9.84 Å². The third-order valence-electron chi connectivity index (χ3n) is 4.61. The minimum Gasteiger partial charge on any atom is -0.503 e. The van der Waals surface area contributed by atoms with Gasteiger partial charge in [-0.15, -0.1) is 0 Å². The highest BCUT2D eigenvalue weighted by atomic mass is 79.9. The van der Waals surface area contributed by atoms with Crippen molar-refractivity contribution in [2.75, 3.05) is 18.2 Å². The van der Waals surface area contributed by atoms with E-state index < -0.39 is 6.17 Å². The number of anilines is 1. The molecule has 0 fully saturated rings. The van der Waals surface area contributed by atoms with Crippen molar-refractivity contribution in [1.82, 2.24) is 10.1 Å². The number of benzene rings is 2. The Kier molecular flexibility index (Phi) is 6.16. The third-order valence-corrected chi connectivity index (χ3v) is 8.00. The molecule has 1 atom stereocenters. The molecule has 11 heteroatoms. The molecule has 3 aromatic rings. The molecule has 4 rings (SSSR count). The number of hydrogen-bond donors (Lipinski definition) is 3. The summed E-state index contributed by atoms with van der Waals surface area (Å²) >= 11 is 11.9. The summed E-state index contributed by atoms with van der Waals surface area (Å²) in [6, 6.07) is 7.42. The Morgan fingerprint density at radius 1 is 1.27 bits per heavy atom. The van der Waals surface area contributed by atoms with E-state index in [1.165, 1.54) is 18.9 Å². The number of aromatic hydroxyl groups is 1. The Hall–Kier alpha value is -1.56. The van der Waals surface area contributed by atoms with Crippen LogP contribution in [0, 0.1) is 0 Å². The Labute approximate surface area is 201 Å². The number of nitrogens with zero attached hydrogens (tertiary/aromatic N) is 2. The fourth-order valence-electron chi connectivity index (χ4n) is 3.29. The number of hydrogen-bond acceptors (Lipinski definition) is 6. The summed E-state index contributed by atoms with van der Waals surface area (Å²) < 4.78 is 8.95. The van der Waals surface area contributed by atoms with E-state index >= 15 is 0 Å². The van der Waals surface area contributed by atoms with E-state index in [0.717, 1.165) is 27.0 Å². The van der Waals surface area contributed by atoms with E-state index in [1.54, 1.807) is 10.7 Å². The van der Waals surface area contributed by atoms with Crippen molar-refractivity contribution >= 4 is 65.2 Å². The maximum absolute atomic E-state index is 13.1. The van der Waals surface area contributed by atoms with Crippen LogP contribution in [0.4, 0.5) is 5.69 Å². The average molecular weight is 620 g/mol. The molecule has 0 aliphatic carbocycles. The zero-order chi connectivity index (χ0) is 21.6. The van der Waals surface area contributed by atoms with Gasteiger partial charge in [0.25, 0.3) is 6.17 Å². The Morgan fingerprint density at radius 2 is 2.03 bits per heavy atom. The molecule has 1 aromatic heterocycles. The highest BCUT2D eigenvalue weighted by molar-refractivity contribution is 9.13. The molecule has 156 valence electrons. The van der Waals surface area contributed by atoms with Gasteiger partial charge in [0.05, 0.1) is 28.4 Å². The number of halogens is 3. The summed E-state index contributed by atoms with van der Waals surface area (Å²) in [5, 5.41) is 19.0. The molecule has 0 radical (unpaired) electrons. The predicted molar refractivity (Wildman–Crippen MR) is 126 cm³/mol. The number of ether oxygens (including phenoxy) is 1. The normalized spacial score (nSPS) is 14.6. The van der Waals surface area contributed by atoms with E-state index in [-0.39, 0.29) is 11.3 Å². The fraction of sp³-hybridized carbons (Fsp3) is 0.211. The largest absolute Gasteiger partial charge is 0.503 e. The van der Waals surface area contributed by atoms with Crippen LogP contribution < -0.4 is 20.3 Å². The van der Waals surface area contributed by atoms with E-state index in [1.807, 2.05) is 25.1 Å². The molecule has 30 heavy (non-hydrogen) atoms. The molecule has 3 N–H and O–H groups in total. The number of H-pyrrole nitrogens is 1. The molecule has 0 unspecified atom stereocenters. The van der Waals surface area contributed by atoms with Crippen LogP contribution in [0.1, 0.15) is 18.7 Å². The number of thioether (sulfide) groups is 1. The molecular weight excluding hydrogens is 604 g/mol. The van der Waals surface area contributed by atoms with Crippen LogP contribution in [-0.2, 0) is 0 Å². The van der Waals surface area contributed by atoms with E-state index in [0.29, 0.717) is 25.5 Å². The summed E-state index contributed by atoms with van der Waals surface area (Å²) in [6.45, 7) is 2.00. The first-order chi connectivity index (χ1) is 14.3. The van der Waals surface area contributed by atoms with Gasteiger partial charge in [-0.2, -0.15) is 0 Å². The lowest BCUT2D eigenvalue weighted by molar-refractivity contribution is -0.759. The first-order valence-corrected chi connectivity index (χ1v) is 12.2. The second-order valence-electron chi connectivity index (χ2n) is 6.37. The van der Waals surface area contributed by atoms with E-state index in [2.05, 4.69) is 58.1 Å². The van der Waals surface area contributed by atoms with Crippen molar-refractivity contribution in [3.05, 3.63) is 53.6 Å². The quantitative estimate of drug-likeness (QED) is 0.287. The van der Waals surface area contributed by atoms with Gasteiger partial charge in [-0.25, -0.2) is 0 Å². The lowest BCUT2D eigenvalue weighted by Crippen LogP contribution is -2.55. The smallest absolute Gasteiger partial charge is 0.325 e. The van der Waals surface area contributed by atoms with Crippen LogP contribution in [0.3, 0.4) is 0 Å². The van der Waals surface area contributed by atoms with Crippen molar-refractivity contribution in [2.24, 2.45) is 0 Å². The standard InChI is InChI=1S/C19H15Br3N4O3S/c1-3-30-19-24-18(28)15-9-6-8(20)4-5-11(9)23-17(26(15)25-19)10-7-12(29-2)16(27)14(22)13(10)21/h4-7,17H,3H2,1-2H3,(H2,24,25,27,28)/p+1/t17-/m1/s1. The first-order valence-electron chi connectivity index (χ1n) is 8.86. The minimum atomic E-state index is -0.521. The second-order valence-corrected chi connectivity index (χ2v) is 10.1. The predicted octanol–water partition coefficient (Wildman–Crippen LogP) is 4.81. The molecule has 0 saturated heterocycles. The molecule has 0 saturated carbocycles. The molecule has 0 spiro atoms. The number of aromatic nitrogens is 3. The molecule has 1 aliphatic rings. The number of methoxy groups -OCH3 is 1. The minimum absolute atomic E-state index is 0.0143. The Balaban J connectivity index is 2.02. The number of rotatable bonds is 4. The maximum Gasteiger partial charge on any atom is 0.325 e. The van der Waals surface area contributed by atoms with Gasteiger partial charge in [0.1, 0.15) is 0 Å². The number of phenolic OH excluding ortho intramolecular Hbond substituents is 1. The maximum atomic E-state index is 13.1. The van der Waals surface area contributed by atoms with Crippen LogP contribution in [0.5, 0.6) is 11.5 Å². The van der Waals surface area contributed by atoms with E-state index in [9.17, 15) is 9.90 Å². The number of fused-ring (bicyclic) bond motifs is 3. The van der Waals surface area contributed by atoms with Crippen LogP contribution >= 0.6 is 59.6 Å². The first kappa shape index (κ1) is 21.7. The van der Waals surface area contributed by atoms with Gasteiger partial charge in [-0.05, 0) is 66.6 Å². The molecule has 1 aliphatic heterocycles. The molecule has 2 heterocycles. The van der Waals surface area contributed by atoms with Gasteiger partial charge >= 0.3 is 11.3 Å². The van der Waals surface area contributed by atoms with Gasteiger partial charge in [0, 0.05) is 14.0 Å².